The molecule has 0 aliphatic heterocycles. The van der Waals surface area contributed by atoms with E-state index < -0.39 is 0 Å². The minimum atomic E-state index is 0.0631. The topological polar surface area (TPSA) is 26.0 Å². The van der Waals surface area contributed by atoms with Crippen molar-refractivity contribution in [3.8, 4) is 0 Å². The Bertz CT molecular complexity index is 429. The fourth-order valence-corrected chi connectivity index (χ4v) is 2.54. The second kappa shape index (κ2) is 4.66. The Hall–Kier alpha value is -1.08. The number of hydrogen-bond donors (Lipinski definition) is 1. The molecule has 0 spiro atoms. The lowest BCUT2D eigenvalue weighted by Gasteiger charge is -2.32. The Balaban J connectivity index is 2.28. The lowest BCUT2D eigenvalue weighted by atomic mass is 9.76. The van der Waals surface area contributed by atoms with Gasteiger partial charge in [-0.2, -0.15) is 0 Å². The molecule has 0 radical (unpaired) electrons. The van der Waals surface area contributed by atoms with E-state index in [4.69, 9.17) is 5.73 Å². The minimum Gasteiger partial charge on any atom is -0.327 e. The van der Waals surface area contributed by atoms with Crippen LogP contribution in [0.3, 0.4) is 0 Å². The third-order valence-corrected chi connectivity index (χ3v) is 4.05. The predicted octanol–water partition coefficient (Wildman–Crippen LogP) is 3.66. The molecule has 1 aromatic carbocycles. The molecule has 1 atom stereocenters. The largest absolute Gasteiger partial charge is 0.327 e. The zero-order valence-electron chi connectivity index (χ0n) is 11.2. The first-order valence-electron chi connectivity index (χ1n) is 6.61. The SMILES string of the molecule is CCCC(N)C(C)(C)c1ccc2c(c1)CC=C2. The fraction of sp³-hybridized carbons (Fsp3) is 0.500. The van der Waals surface area contributed by atoms with Crippen molar-refractivity contribution in [2.24, 2.45) is 5.73 Å². The number of rotatable bonds is 4. The van der Waals surface area contributed by atoms with Crippen LogP contribution < -0.4 is 5.73 Å². The molecule has 92 valence electrons. The summed E-state index contributed by atoms with van der Waals surface area (Å²) < 4.78 is 0. The van der Waals surface area contributed by atoms with E-state index in [9.17, 15) is 0 Å². The Morgan fingerprint density at radius 3 is 2.82 bits per heavy atom. The summed E-state index contributed by atoms with van der Waals surface area (Å²) in [5, 5.41) is 0. The number of nitrogens with two attached hydrogens (primary N) is 1. The molecule has 1 nitrogen and oxygen atoms in total. The van der Waals surface area contributed by atoms with Crippen LogP contribution in [0.25, 0.3) is 6.08 Å². The zero-order valence-corrected chi connectivity index (χ0v) is 11.2. The predicted molar refractivity (Wildman–Crippen MR) is 75.1 cm³/mol. The summed E-state index contributed by atoms with van der Waals surface area (Å²) in [6, 6.07) is 7.05. The summed E-state index contributed by atoms with van der Waals surface area (Å²) in [5.74, 6) is 0. The maximum atomic E-state index is 6.32. The van der Waals surface area contributed by atoms with E-state index in [1.165, 1.54) is 16.7 Å². The molecular weight excluding hydrogens is 206 g/mol. The highest BCUT2D eigenvalue weighted by Gasteiger charge is 2.28. The first-order chi connectivity index (χ1) is 8.05. The molecule has 1 unspecified atom stereocenters. The van der Waals surface area contributed by atoms with E-state index in [-0.39, 0.29) is 11.5 Å². The third-order valence-electron chi connectivity index (χ3n) is 4.05. The van der Waals surface area contributed by atoms with Gasteiger partial charge in [0.05, 0.1) is 0 Å². The average Bonchev–Trinajstić information content (AvgIpc) is 2.76. The van der Waals surface area contributed by atoms with Crippen molar-refractivity contribution in [1.29, 1.82) is 0 Å². The molecular formula is C16H23N. The second-order valence-corrected chi connectivity index (χ2v) is 5.64. The molecule has 17 heavy (non-hydrogen) atoms. The lowest BCUT2D eigenvalue weighted by Crippen LogP contribution is -2.40. The van der Waals surface area contributed by atoms with Crippen molar-refractivity contribution in [2.75, 3.05) is 0 Å². The summed E-state index contributed by atoms with van der Waals surface area (Å²) in [6.45, 7) is 6.72. The Morgan fingerprint density at radius 1 is 1.35 bits per heavy atom. The minimum absolute atomic E-state index is 0.0631. The van der Waals surface area contributed by atoms with Crippen LogP contribution in [0.1, 0.15) is 50.3 Å². The van der Waals surface area contributed by atoms with E-state index in [0.717, 1.165) is 19.3 Å². The zero-order chi connectivity index (χ0) is 12.5. The highest BCUT2D eigenvalue weighted by molar-refractivity contribution is 5.60. The molecule has 0 heterocycles. The van der Waals surface area contributed by atoms with E-state index >= 15 is 0 Å². The molecule has 0 amide bonds. The quantitative estimate of drug-likeness (QED) is 0.837. The first kappa shape index (κ1) is 12.4. The fourth-order valence-electron chi connectivity index (χ4n) is 2.54. The highest BCUT2D eigenvalue weighted by Crippen LogP contribution is 2.31. The van der Waals surface area contributed by atoms with Gasteiger partial charge in [0.1, 0.15) is 0 Å². The van der Waals surface area contributed by atoms with Crippen LogP contribution in [0, 0.1) is 0 Å². The van der Waals surface area contributed by atoms with Crippen LogP contribution in [0.2, 0.25) is 0 Å². The van der Waals surface area contributed by atoms with Crippen molar-refractivity contribution < 1.29 is 0 Å². The molecule has 0 saturated heterocycles. The van der Waals surface area contributed by atoms with Crippen molar-refractivity contribution >= 4 is 6.08 Å². The molecule has 0 fully saturated rings. The lowest BCUT2D eigenvalue weighted by molar-refractivity contribution is 0.385. The van der Waals surface area contributed by atoms with E-state index in [2.05, 4.69) is 51.1 Å². The Kier molecular flexibility index (Phi) is 3.39. The van der Waals surface area contributed by atoms with Gasteiger partial charge >= 0.3 is 0 Å². The molecule has 0 bridgehead atoms. The molecule has 1 aromatic rings. The monoisotopic (exact) mass is 229 g/mol. The van der Waals surface area contributed by atoms with Gasteiger partial charge in [-0.15, -0.1) is 0 Å². The van der Waals surface area contributed by atoms with Crippen LogP contribution in [0.15, 0.2) is 24.3 Å². The Morgan fingerprint density at radius 2 is 2.12 bits per heavy atom. The van der Waals surface area contributed by atoms with Gasteiger partial charge in [0.15, 0.2) is 0 Å². The maximum Gasteiger partial charge on any atom is 0.0131 e. The Labute approximate surface area is 105 Å². The van der Waals surface area contributed by atoms with Gasteiger partial charge in [-0.3, -0.25) is 0 Å². The van der Waals surface area contributed by atoms with Crippen molar-refractivity contribution in [3.63, 3.8) is 0 Å². The van der Waals surface area contributed by atoms with Gasteiger partial charge in [-0.25, -0.2) is 0 Å². The summed E-state index contributed by atoms with van der Waals surface area (Å²) >= 11 is 0. The molecule has 1 heteroatoms. The van der Waals surface area contributed by atoms with E-state index in [1.54, 1.807) is 0 Å². The van der Waals surface area contributed by atoms with Crippen molar-refractivity contribution in [1.82, 2.24) is 0 Å². The number of fused-ring (bicyclic) bond motifs is 1. The van der Waals surface area contributed by atoms with Gasteiger partial charge in [-0.1, -0.05) is 57.5 Å². The van der Waals surface area contributed by atoms with Gasteiger partial charge in [-0.05, 0) is 29.5 Å². The smallest absolute Gasteiger partial charge is 0.0131 e. The van der Waals surface area contributed by atoms with Crippen LogP contribution in [0.4, 0.5) is 0 Å². The average molecular weight is 229 g/mol. The molecule has 2 N–H and O–H groups in total. The second-order valence-electron chi connectivity index (χ2n) is 5.64. The maximum absolute atomic E-state index is 6.32. The number of hydrogen-bond acceptors (Lipinski definition) is 1. The van der Waals surface area contributed by atoms with Gasteiger partial charge in [0.2, 0.25) is 0 Å². The molecule has 2 rings (SSSR count). The normalized spacial score (nSPS) is 16.0. The van der Waals surface area contributed by atoms with E-state index in [1.807, 2.05) is 0 Å². The van der Waals surface area contributed by atoms with Gasteiger partial charge in [0, 0.05) is 11.5 Å². The summed E-state index contributed by atoms with van der Waals surface area (Å²) in [4.78, 5) is 0. The summed E-state index contributed by atoms with van der Waals surface area (Å²) in [5.41, 5.74) is 10.6. The van der Waals surface area contributed by atoms with Crippen molar-refractivity contribution in [3.05, 3.63) is 41.0 Å². The third kappa shape index (κ3) is 2.30. The van der Waals surface area contributed by atoms with Gasteiger partial charge in [0.25, 0.3) is 0 Å². The number of benzene rings is 1. The molecule has 1 aliphatic rings. The van der Waals surface area contributed by atoms with Crippen LogP contribution in [-0.2, 0) is 11.8 Å². The van der Waals surface area contributed by atoms with Crippen LogP contribution in [0.5, 0.6) is 0 Å². The summed E-state index contributed by atoms with van der Waals surface area (Å²) in [6.07, 6.45) is 7.74. The first-order valence-corrected chi connectivity index (χ1v) is 6.61. The number of allylic oxidation sites excluding steroid dienone is 1. The van der Waals surface area contributed by atoms with Crippen LogP contribution in [-0.4, -0.2) is 6.04 Å². The van der Waals surface area contributed by atoms with Crippen molar-refractivity contribution in [2.45, 2.75) is 51.5 Å². The van der Waals surface area contributed by atoms with Gasteiger partial charge < -0.3 is 5.73 Å². The molecule has 1 aliphatic carbocycles. The van der Waals surface area contributed by atoms with Crippen LogP contribution >= 0.6 is 0 Å². The highest BCUT2D eigenvalue weighted by atomic mass is 14.7. The van der Waals surface area contributed by atoms with E-state index in [0.29, 0.717) is 0 Å². The molecule has 0 aromatic heterocycles. The standard InChI is InChI=1S/C16H23N/c1-4-6-15(17)16(2,3)14-10-9-12-7-5-8-13(12)11-14/h5,7,9-11,15H,4,6,8,17H2,1-3H3. The molecule has 0 saturated carbocycles. The summed E-state index contributed by atoms with van der Waals surface area (Å²) in [7, 11) is 0.